The van der Waals surface area contributed by atoms with Gasteiger partial charge >= 0.3 is 0 Å². The van der Waals surface area contributed by atoms with Crippen LogP contribution >= 0.6 is 23.6 Å². The fraction of sp³-hybridized carbons (Fsp3) is 0.421. The SMILES string of the molecule is C[C@@H]1CCCC[C@H]1NC(=S)NNC(=O)Cc1csc(-c2ccc(F)cc2)n1. The number of nitrogens with one attached hydrogen (secondary N) is 3. The van der Waals surface area contributed by atoms with E-state index in [0.29, 0.717) is 22.8 Å². The molecule has 2 atom stereocenters. The van der Waals surface area contributed by atoms with E-state index in [0.717, 1.165) is 17.0 Å². The third kappa shape index (κ3) is 5.71. The monoisotopic (exact) mass is 406 g/mol. The number of hydrogen-bond donors (Lipinski definition) is 3. The summed E-state index contributed by atoms with van der Waals surface area (Å²) in [5, 5.41) is 6.31. The smallest absolute Gasteiger partial charge is 0.244 e. The average Bonchev–Trinajstić information content (AvgIpc) is 3.11. The van der Waals surface area contributed by atoms with Crippen LogP contribution in [0.1, 0.15) is 38.3 Å². The molecule has 1 saturated carbocycles. The minimum atomic E-state index is -0.284. The number of halogens is 1. The van der Waals surface area contributed by atoms with Crippen molar-refractivity contribution in [3.63, 3.8) is 0 Å². The van der Waals surface area contributed by atoms with Gasteiger partial charge in [0.2, 0.25) is 5.91 Å². The average molecular weight is 407 g/mol. The Balaban J connectivity index is 1.45. The van der Waals surface area contributed by atoms with Crippen LogP contribution in [0, 0.1) is 11.7 Å². The number of amides is 1. The van der Waals surface area contributed by atoms with E-state index in [2.05, 4.69) is 28.1 Å². The van der Waals surface area contributed by atoms with E-state index in [1.807, 2.05) is 5.38 Å². The first-order chi connectivity index (χ1) is 13.0. The van der Waals surface area contributed by atoms with Gasteiger partial charge in [0.25, 0.3) is 0 Å². The predicted octanol–water partition coefficient (Wildman–Crippen LogP) is 3.57. The van der Waals surface area contributed by atoms with Gasteiger partial charge in [0.05, 0.1) is 12.1 Å². The number of carbonyl (C=O) groups excluding carboxylic acids is 1. The lowest BCUT2D eigenvalue weighted by molar-refractivity contribution is -0.121. The molecule has 2 aromatic rings. The summed E-state index contributed by atoms with van der Waals surface area (Å²) >= 11 is 6.69. The van der Waals surface area contributed by atoms with Crippen molar-refractivity contribution in [2.45, 2.75) is 45.1 Å². The van der Waals surface area contributed by atoms with Crippen molar-refractivity contribution < 1.29 is 9.18 Å². The topological polar surface area (TPSA) is 66.0 Å². The summed E-state index contributed by atoms with van der Waals surface area (Å²) in [7, 11) is 0. The molecule has 0 saturated heterocycles. The Labute approximate surface area is 167 Å². The molecule has 0 unspecified atom stereocenters. The summed E-state index contributed by atoms with van der Waals surface area (Å²) in [6.45, 7) is 2.22. The lowest BCUT2D eigenvalue weighted by atomic mass is 9.86. The highest BCUT2D eigenvalue weighted by molar-refractivity contribution is 7.80. The van der Waals surface area contributed by atoms with Gasteiger partial charge in [0, 0.05) is 17.0 Å². The Morgan fingerprint density at radius 1 is 1.26 bits per heavy atom. The van der Waals surface area contributed by atoms with E-state index in [9.17, 15) is 9.18 Å². The molecule has 1 aromatic carbocycles. The van der Waals surface area contributed by atoms with Gasteiger partial charge in [0.1, 0.15) is 10.8 Å². The molecule has 0 spiro atoms. The first-order valence-corrected chi connectivity index (χ1v) is 10.4. The fourth-order valence-corrected chi connectivity index (χ4v) is 4.21. The zero-order valence-electron chi connectivity index (χ0n) is 15.1. The van der Waals surface area contributed by atoms with E-state index in [-0.39, 0.29) is 18.1 Å². The number of aromatic nitrogens is 1. The van der Waals surface area contributed by atoms with Crippen LogP contribution in [0.4, 0.5) is 4.39 Å². The minimum absolute atomic E-state index is 0.146. The standard InChI is InChI=1S/C19H23FN4OS2/c1-12-4-2-3-5-16(12)22-19(26)24-23-17(25)10-15-11-27-18(21-15)13-6-8-14(20)9-7-13/h6-9,11-12,16H,2-5,10H2,1H3,(H,23,25)(H2,22,24,26)/t12-,16-/m1/s1. The molecule has 27 heavy (non-hydrogen) atoms. The number of hydrazine groups is 1. The third-order valence-corrected chi connectivity index (χ3v) is 5.89. The third-order valence-electron chi connectivity index (χ3n) is 4.73. The first-order valence-electron chi connectivity index (χ1n) is 9.07. The number of benzene rings is 1. The summed E-state index contributed by atoms with van der Waals surface area (Å²) in [6, 6.07) is 6.50. The van der Waals surface area contributed by atoms with Crippen molar-refractivity contribution in [2.75, 3.05) is 0 Å². The molecule has 1 aromatic heterocycles. The fourth-order valence-electron chi connectivity index (χ4n) is 3.18. The molecular formula is C19H23FN4OS2. The maximum atomic E-state index is 13.0. The Morgan fingerprint density at radius 2 is 2.00 bits per heavy atom. The lowest BCUT2D eigenvalue weighted by Crippen LogP contribution is -2.51. The summed E-state index contributed by atoms with van der Waals surface area (Å²) in [5.41, 5.74) is 6.88. The molecule has 3 N–H and O–H groups in total. The second kappa shape index (κ2) is 9.23. The van der Waals surface area contributed by atoms with Crippen LogP contribution in [0.15, 0.2) is 29.6 Å². The van der Waals surface area contributed by atoms with Gasteiger partial charge in [-0.2, -0.15) is 0 Å². The van der Waals surface area contributed by atoms with Gasteiger partial charge in [-0.3, -0.25) is 15.6 Å². The summed E-state index contributed by atoms with van der Waals surface area (Å²) in [6.07, 6.45) is 4.92. The van der Waals surface area contributed by atoms with Crippen molar-refractivity contribution in [3.05, 3.63) is 41.2 Å². The van der Waals surface area contributed by atoms with Gasteiger partial charge in [-0.25, -0.2) is 9.37 Å². The summed E-state index contributed by atoms with van der Waals surface area (Å²) < 4.78 is 13.0. The van der Waals surface area contributed by atoms with Gasteiger partial charge in [-0.15, -0.1) is 11.3 Å². The van der Waals surface area contributed by atoms with Gasteiger partial charge in [-0.05, 0) is 55.2 Å². The number of thiazole rings is 1. The van der Waals surface area contributed by atoms with Crippen LogP contribution in [-0.4, -0.2) is 22.0 Å². The van der Waals surface area contributed by atoms with E-state index in [4.69, 9.17) is 12.2 Å². The van der Waals surface area contributed by atoms with E-state index < -0.39 is 0 Å². The van der Waals surface area contributed by atoms with Crippen molar-refractivity contribution in [2.24, 2.45) is 5.92 Å². The van der Waals surface area contributed by atoms with Gasteiger partial charge < -0.3 is 5.32 Å². The number of rotatable bonds is 4. The van der Waals surface area contributed by atoms with Crippen molar-refractivity contribution >= 4 is 34.6 Å². The second-order valence-corrected chi connectivity index (χ2v) is 8.11. The molecule has 1 aliphatic rings. The lowest BCUT2D eigenvalue weighted by Gasteiger charge is -2.30. The highest BCUT2D eigenvalue weighted by atomic mass is 32.1. The minimum Gasteiger partial charge on any atom is -0.358 e. The molecule has 0 bridgehead atoms. The molecule has 0 radical (unpaired) electrons. The van der Waals surface area contributed by atoms with Crippen LogP contribution in [0.5, 0.6) is 0 Å². The van der Waals surface area contributed by atoms with Crippen molar-refractivity contribution in [3.8, 4) is 10.6 Å². The zero-order valence-corrected chi connectivity index (χ0v) is 16.8. The molecular weight excluding hydrogens is 383 g/mol. The second-order valence-electron chi connectivity index (χ2n) is 6.84. The number of nitrogens with zero attached hydrogens (tertiary/aromatic N) is 1. The predicted molar refractivity (Wildman–Crippen MR) is 110 cm³/mol. The maximum absolute atomic E-state index is 13.0. The molecule has 5 nitrogen and oxygen atoms in total. The van der Waals surface area contributed by atoms with Crippen molar-refractivity contribution in [1.29, 1.82) is 0 Å². The van der Waals surface area contributed by atoms with E-state index in [1.54, 1.807) is 12.1 Å². The summed E-state index contributed by atoms with van der Waals surface area (Å²) in [5.74, 6) is 0.0778. The van der Waals surface area contributed by atoms with Gasteiger partial charge in [-0.1, -0.05) is 19.8 Å². The number of carbonyl (C=O) groups is 1. The molecule has 3 rings (SSSR count). The Kier molecular flexibility index (Phi) is 6.73. The molecule has 1 heterocycles. The molecule has 8 heteroatoms. The molecule has 0 aliphatic heterocycles. The van der Waals surface area contributed by atoms with Crippen LogP contribution in [0.3, 0.4) is 0 Å². The molecule has 1 amide bonds. The largest absolute Gasteiger partial charge is 0.358 e. The van der Waals surface area contributed by atoms with Crippen LogP contribution in [0.25, 0.3) is 10.6 Å². The normalized spacial score (nSPS) is 19.3. The van der Waals surface area contributed by atoms with Crippen LogP contribution < -0.4 is 16.2 Å². The highest BCUT2D eigenvalue weighted by Crippen LogP contribution is 2.24. The molecule has 144 valence electrons. The quantitative estimate of drug-likeness (QED) is 0.535. The van der Waals surface area contributed by atoms with Crippen LogP contribution in [0.2, 0.25) is 0 Å². The summed E-state index contributed by atoms with van der Waals surface area (Å²) in [4.78, 5) is 16.6. The Bertz CT molecular complexity index is 793. The number of hydrogen-bond acceptors (Lipinski definition) is 4. The van der Waals surface area contributed by atoms with Gasteiger partial charge in [0.15, 0.2) is 5.11 Å². The highest BCUT2D eigenvalue weighted by Gasteiger charge is 2.21. The first kappa shape index (κ1) is 19.7. The molecule has 1 fully saturated rings. The van der Waals surface area contributed by atoms with E-state index in [1.165, 1.54) is 42.7 Å². The Hall–Kier alpha value is -2.06. The zero-order chi connectivity index (χ0) is 19.2. The van der Waals surface area contributed by atoms with E-state index >= 15 is 0 Å². The van der Waals surface area contributed by atoms with Crippen LogP contribution in [-0.2, 0) is 11.2 Å². The molecule has 1 aliphatic carbocycles. The maximum Gasteiger partial charge on any atom is 0.244 e. The van der Waals surface area contributed by atoms with Crippen molar-refractivity contribution in [1.82, 2.24) is 21.2 Å². The number of thiocarbonyl (C=S) groups is 1. The Morgan fingerprint density at radius 3 is 2.74 bits per heavy atom.